The van der Waals surface area contributed by atoms with Gasteiger partial charge in [-0.3, -0.25) is 9.48 Å². The van der Waals surface area contributed by atoms with Gasteiger partial charge in [0.05, 0.1) is 17.8 Å². The van der Waals surface area contributed by atoms with Gasteiger partial charge in [-0.1, -0.05) is 19.3 Å². The Bertz CT molecular complexity index is 993. The molecule has 1 saturated carbocycles. The Balaban J connectivity index is 1.43. The van der Waals surface area contributed by atoms with Gasteiger partial charge in [-0.25, -0.2) is 9.97 Å². The molecule has 4 heterocycles. The minimum Gasteiger partial charge on any atom is -0.356 e. The average molecular weight is 437 g/mol. The third-order valence-corrected chi connectivity index (χ3v) is 7.84. The molecule has 2 aromatic rings. The summed E-state index contributed by atoms with van der Waals surface area (Å²) in [6.07, 6.45) is 12.7. The van der Waals surface area contributed by atoms with Crippen LogP contribution in [-0.2, 0) is 13.5 Å². The molecule has 7 heteroatoms. The molecular formula is C25H36N6O. The number of carbonyl (C=O) groups excluding carboxylic acids is 1. The second-order valence-electron chi connectivity index (χ2n) is 9.95. The molecule has 1 saturated heterocycles. The zero-order valence-electron chi connectivity index (χ0n) is 19.8. The highest BCUT2D eigenvalue weighted by Crippen LogP contribution is 2.36. The Hall–Kier alpha value is -2.44. The molecule has 2 aliphatic heterocycles. The van der Waals surface area contributed by atoms with Crippen LogP contribution < -0.4 is 4.90 Å². The minimum atomic E-state index is -0.0513. The lowest BCUT2D eigenvalue weighted by atomic mass is 9.88. The molecule has 3 aliphatic rings. The second-order valence-corrected chi connectivity index (χ2v) is 9.95. The van der Waals surface area contributed by atoms with Crippen LogP contribution in [0.5, 0.6) is 0 Å². The number of likely N-dealkylation sites (tertiary alicyclic amines) is 1. The van der Waals surface area contributed by atoms with E-state index < -0.39 is 0 Å². The molecule has 0 aromatic carbocycles. The first-order valence-corrected chi connectivity index (χ1v) is 12.4. The minimum absolute atomic E-state index is 0.0513. The molecule has 1 amide bonds. The third kappa shape index (κ3) is 3.90. The fourth-order valence-corrected chi connectivity index (χ4v) is 5.86. The lowest BCUT2D eigenvalue weighted by Crippen LogP contribution is -2.37. The maximum atomic E-state index is 13.4. The summed E-state index contributed by atoms with van der Waals surface area (Å²) in [5, 5.41) is 4.27. The molecule has 7 nitrogen and oxygen atoms in total. The number of carbonyl (C=O) groups is 1. The summed E-state index contributed by atoms with van der Waals surface area (Å²) < 4.78 is 1.76. The summed E-state index contributed by atoms with van der Waals surface area (Å²) in [4.78, 5) is 28.0. The van der Waals surface area contributed by atoms with Crippen molar-refractivity contribution >= 4 is 11.7 Å². The zero-order valence-corrected chi connectivity index (χ0v) is 19.8. The van der Waals surface area contributed by atoms with E-state index >= 15 is 0 Å². The standard InChI is InChI=1S/C25H36N6O/c1-17-20-11-7-13-30(16-19-9-5-4-6-10-19)24(20)28-23(27-17)22-12-8-14-31(22)25(32)21-15-26-29(3)18(21)2/h15,19,22H,4-14,16H2,1-3H3/t22-/m0/s1. The number of aromatic nitrogens is 4. The van der Waals surface area contributed by atoms with Crippen molar-refractivity contribution in [2.75, 3.05) is 24.5 Å². The van der Waals surface area contributed by atoms with Crippen LogP contribution >= 0.6 is 0 Å². The van der Waals surface area contributed by atoms with Gasteiger partial charge >= 0.3 is 0 Å². The lowest BCUT2D eigenvalue weighted by Gasteiger charge is -2.35. The number of amides is 1. The fraction of sp³-hybridized carbons (Fsp3) is 0.680. The van der Waals surface area contributed by atoms with E-state index in [2.05, 4.69) is 16.9 Å². The van der Waals surface area contributed by atoms with Gasteiger partial charge in [0.15, 0.2) is 5.82 Å². The molecule has 0 unspecified atom stereocenters. The summed E-state index contributed by atoms with van der Waals surface area (Å²) in [5.41, 5.74) is 4.00. The molecule has 0 spiro atoms. The molecule has 1 atom stereocenters. The SMILES string of the molecule is Cc1nc([C@@H]2CCCN2C(=O)c2cnn(C)c2C)nc2c1CCCN2CC1CCCCC1. The number of hydrogen-bond acceptors (Lipinski definition) is 5. The summed E-state index contributed by atoms with van der Waals surface area (Å²) in [6, 6.07) is -0.0513. The number of fused-ring (bicyclic) bond motifs is 1. The van der Waals surface area contributed by atoms with Crippen LogP contribution in [0.3, 0.4) is 0 Å². The molecule has 0 N–H and O–H groups in total. The quantitative estimate of drug-likeness (QED) is 0.721. The van der Waals surface area contributed by atoms with Gasteiger partial charge < -0.3 is 9.80 Å². The Morgan fingerprint density at radius 1 is 1.03 bits per heavy atom. The van der Waals surface area contributed by atoms with E-state index in [0.717, 1.165) is 67.8 Å². The summed E-state index contributed by atoms with van der Waals surface area (Å²) in [6.45, 7) is 7.03. The van der Waals surface area contributed by atoms with Gasteiger partial charge in [0.2, 0.25) is 0 Å². The smallest absolute Gasteiger partial charge is 0.257 e. The van der Waals surface area contributed by atoms with Gasteiger partial charge in [-0.05, 0) is 58.3 Å². The van der Waals surface area contributed by atoms with E-state index in [-0.39, 0.29) is 11.9 Å². The van der Waals surface area contributed by atoms with Gasteiger partial charge in [-0.2, -0.15) is 5.10 Å². The van der Waals surface area contributed by atoms with Crippen LogP contribution in [0.4, 0.5) is 5.82 Å². The highest BCUT2D eigenvalue weighted by atomic mass is 16.2. The maximum absolute atomic E-state index is 13.4. The van der Waals surface area contributed by atoms with Crippen molar-refractivity contribution in [3.05, 3.63) is 34.5 Å². The number of nitrogens with zero attached hydrogens (tertiary/aromatic N) is 6. The summed E-state index contributed by atoms with van der Waals surface area (Å²) >= 11 is 0. The van der Waals surface area contributed by atoms with Crippen molar-refractivity contribution in [2.45, 2.75) is 77.7 Å². The van der Waals surface area contributed by atoms with E-state index in [1.807, 2.05) is 18.9 Å². The van der Waals surface area contributed by atoms with E-state index in [4.69, 9.17) is 9.97 Å². The van der Waals surface area contributed by atoms with E-state index in [1.54, 1.807) is 10.9 Å². The number of anilines is 1. The van der Waals surface area contributed by atoms with Gasteiger partial charge in [0.25, 0.3) is 5.91 Å². The van der Waals surface area contributed by atoms with Gasteiger partial charge in [0.1, 0.15) is 5.82 Å². The first-order valence-electron chi connectivity index (χ1n) is 12.4. The molecule has 1 aliphatic carbocycles. The average Bonchev–Trinajstić information content (AvgIpc) is 3.42. The number of rotatable bonds is 4. The molecule has 5 rings (SSSR count). The molecule has 2 fully saturated rings. The Kier molecular flexibility index (Phi) is 5.91. The van der Waals surface area contributed by atoms with Crippen molar-refractivity contribution in [3.8, 4) is 0 Å². The van der Waals surface area contributed by atoms with Crippen molar-refractivity contribution in [1.82, 2.24) is 24.6 Å². The normalized spacial score (nSPS) is 21.8. The van der Waals surface area contributed by atoms with Crippen molar-refractivity contribution in [1.29, 1.82) is 0 Å². The topological polar surface area (TPSA) is 67.2 Å². The van der Waals surface area contributed by atoms with E-state index in [1.165, 1.54) is 44.1 Å². The molecule has 2 aromatic heterocycles. The highest BCUT2D eigenvalue weighted by Gasteiger charge is 2.35. The van der Waals surface area contributed by atoms with Crippen LogP contribution in [0.15, 0.2) is 6.20 Å². The van der Waals surface area contributed by atoms with Crippen molar-refractivity contribution < 1.29 is 4.79 Å². The van der Waals surface area contributed by atoms with Crippen LogP contribution in [-0.4, -0.2) is 50.2 Å². The van der Waals surface area contributed by atoms with E-state index in [0.29, 0.717) is 5.56 Å². The first-order chi connectivity index (χ1) is 15.5. The summed E-state index contributed by atoms with van der Waals surface area (Å²) in [5.74, 6) is 2.80. The Morgan fingerprint density at radius 2 is 1.84 bits per heavy atom. The van der Waals surface area contributed by atoms with Crippen LogP contribution in [0, 0.1) is 19.8 Å². The second kappa shape index (κ2) is 8.83. The lowest BCUT2D eigenvalue weighted by molar-refractivity contribution is 0.0728. The largest absolute Gasteiger partial charge is 0.356 e. The monoisotopic (exact) mass is 436 g/mol. The predicted molar refractivity (Wildman–Crippen MR) is 125 cm³/mol. The maximum Gasteiger partial charge on any atom is 0.257 e. The zero-order chi connectivity index (χ0) is 22.2. The highest BCUT2D eigenvalue weighted by molar-refractivity contribution is 5.95. The molecule has 32 heavy (non-hydrogen) atoms. The van der Waals surface area contributed by atoms with Crippen LogP contribution in [0.2, 0.25) is 0 Å². The Labute approximate surface area is 191 Å². The van der Waals surface area contributed by atoms with Gasteiger partial charge in [0, 0.05) is 43.6 Å². The number of aryl methyl sites for hydroxylation is 2. The van der Waals surface area contributed by atoms with Crippen molar-refractivity contribution in [3.63, 3.8) is 0 Å². The van der Waals surface area contributed by atoms with Crippen molar-refractivity contribution in [2.24, 2.45) is 13.0 Å². The van der Waals surface area contributed by atoms with Crippen LogP contribution in [0.1, 0.15) is 90.5 Å². The molecule has 0 bridgehead atoms. The van der Waals surface area contributed by atoms with E-state index in [9.17, 15) is 4.79 Å². The molecular weight excluding hydrogens is 400 g/mol. The third-order valence-electron chi connectivity index (χ3n) is 7.84. The fourth-order valence-electron chi connectivity index (χ4n) is 5.86. The molecule has 172 valence electrons. The predicted octanol–water partition coefficient (Wildman–Crippen LogP) is 4.14. The Morgan fingerprint density at radius 3 is 2.59 bits per heavy atom. The van der Waals surface area contributed by atoms with Crippen LogP contribution in [0.25, 0.3) is 0 Å². The van der Waals surface area contributed by atoms with Gasteiger partial charge in [-0.15, -0.1) is 0 Å². The number of hydrogen-bond donors (Lipinski definition) is 0. The first kappa shape index (κ1) is 21.4. The molecule has 0 radical (unpaired) electrons. The summed E-state index contributed by atoms with van der Waals surface area (Å²) in [7, 11) is 1.88.